The van der Waals surface area contributed by atoms with Gasteiger partial charge in [-0.25, -0.2) is 0 Å². The lowest BCUT2D eigenvalue weighted by molar-refractivity contribution is -0.134. The minimum absolute atomic E-state index is 0.220. The van der Waals surface area contributed by atoms with Gasteiger partial charge >= 0.3 is 5.97 Å². The smallest absolute Gasteiger partial charge is 0.311 e. The summed E-state index contributed by atoms with van der Waals surface area (Å²) in [5.41, 5.74) is 3.33. The van der Waals surface area contributed by atoms with Gasteiger partial charge in [-0.2, -0.15) is 0 Å². The third-order valence-corrected chi connectivity index (χ3v) is 4.40. The van der Waals surface area contributed by atoms with Crippen LogP contribution in [-0.4, -0.2) is 13.1 Å². The van der Waals surface area contributed by atoms with Crippen LogP contribution in [0, 0.1) is 3.57 Å². The van der Waals surface area contributed by atoms with Crippen LogP contribution in [0.4, 0.5) is 0 Å². The van der Waals surface area contributed by atoms with Crippen LogP contribution in [0.1, 0.15) is 31.4 Å². The first kappa shape index (κ1) is 19.5. The molecule has 0 aromatic heterocycles. The lowest BCUT2D eigenvalue weighted by atomic mass is 10.1. The normalized spacial score (nSPS) is 10.2. The van der Waals surface area contributed by atoms with E-state index in [4.69, 9.17) is 9.47 Å². The Balaban J connectivity index is 2.01. The molecule has 0 spiro atoms. The van der Waals surface area contributed by atoms with E-state index in [9.17, 15) is 4.79 Å². The van der Waals surface area contributed by atoms with E-state index in [2.05, 4.69) is 48.6 Å². The molecule has 0 heterocycles. The first-order chi connectivity index (χ1) is 12.0. The van der Waals surface area contributed by atoms with Crippen LogP contribution >= 0.6 is 22.6 Å². The molecule has 0 amide bonds. The Kier molecular flexibility index (Phi) is 7.50. The van der Waals surface area contributed by atoms with Crippen molar-refractivity contribution < 1.29 is 14.3 Å². The van der Waals surface area contributed by atoms with Crippen molar-refractivity contribution in [1.29, 1.82) is 0 Å². The molecule has 0 saturated carbocycles. The number of carbonyl (C=O) groups is 1. The second-order valence-electron chi connectivity index (χ2n) is 6.06. The largest absolute Gasteiger partial charge is 0.497 e. The number of halogens is 1. The molecule has 2 rings (SSSR count). The van der Waals surface area contributed by atoms with Crippen LogP contribution in [0.2, 0.25) is 0 Å². The van der Waals surface area contributed by atoms with E-state index in [0.717, 1.165) is 26.9 Å². The van der Waals surface area contributed by atoms with Crippen LogP contribution in [0.15, 0.2) is 54.1 Å². The quantitative estimate of drug-likeness (QED) is 0.247. The van der Waals surface area contributed by atoms with Gasteiger partial charge in [0.1, 0.15) is 11.5 Å². The summed E-state index contributed by atoms with van der Waals surface area (Å²) in [6, 6.07) is 13.6. The van der Waals surface area contributed by atoms with Gasteiger partial charge < -0.3 is 9.47 Å². The zero-order chi connectivity index (χ0) is 18.2. The topological polar surface area (TPSA) is 35.5 Å². The average molecular weight is 450 g/mol. The summed E-state index contributed by atoms with van der Waals surface area (Å²) >= 11 is 2.27. The van der Waals surface area contributed by atoms with Gasteiger partial charge in [-0.15, -0.1) is 0 Å². The number of methoxy groups -OCH3 is 1. The molecule has 0 bridgehead atoms. The number of carbonyl (C=O) groups excluding carboxylic acids is 1. The maximum absolute atomic E-state index is 12.2. The van der Waals surface area contributed by atoms with E-state index in [1.807, 2.05) is 36.4 Å². The van der Waals surface area contributed by atoms with Crippen molar-refractivity contribution >= 4 is 28.6 Å². The van der Waals surface area contributed by atoms with Crippen molar-refractivity contribution in [1.82, 2.24) is 0 Å². The predicted octanol–water partition coefficient (Wildman–Crippen LogP) is 5.35. The number of allylic oxidation sites excluding steroid dienone is 2. The molecule has 4 heteroatoms. The Morgan fingerprint density at radius 3 is 2.68 bits per heavy atom. The highest BCUT2D eigenvalue weighted by molar-refractivity contribution is 14.1. The highest BCUT2D eigenvalue weighted by atomic mass is 127. The van der Waals surface area contributed by atoms with Gasteiger partial charge in [-0.05, 0) is 90.7 Å². The van der Waals surface area contributed by atoms with E-state index >= 15 is 0 Å². The molecule has 0 unspecified atom stereocenters. The molecule has 25 heavy (non-hydrogen) atoms. The predicted molar refractivity (Wildman–Crippen MR) is 109 cm³/mol. The summed E-state index contributed by atoms with van der Waals surface area (Å²) in [6.45, 7) is 4.13. The SMILES string of the molecule is COc1cccc(CCC(=O)Oc2ccc(I)cc2CC=C(C)C)c1. The fraction of sp³-hybridized carbons (Fsp3) is 0.286. The van der Waals surface area contributed by atoms with Gasteiger partial charge in [0.25, 0.3) is 0 Å². The van der Waals surface area contributed by atoms with Crippen LogP contribution in [-0.2, 0) is 17.6 Å². The lowest BCUT2D eigenvalue weighted by Gasteiger charge is -2.10. The molecule has 132 valence electrons. The van der Waals surface area contributed by atoms with Crippen molar-refractivity contribution in [3.8, 4) is 11.5 Å². The Morgan fingerprint density at radius 1 is 1.16 bits per heavy atom. The van der Waals surface area contributed by atoms with Crippen molar-refractivity contribution in [3.05, 3.63) is 68.8 Å². The summed E-state index contributed by atoms with van der Waals surface area (Å²) in [4.78, 5) is 12.2. The van der Waals surface area contributed by atoms with E-state index in [0.29, 0.717) is 18.6 Å². The number of esters is 1. The van der Waals surface area contributed by atoms with Gasteiger partial charge in [-0.3, -0.25) is 4.79 Å². The molecular weight excluding hydrogens is 427 g/mol. The van der Waals surface area contributed by atoms with E-state index < -0.39 is 0 Å². The molecule has 2 aromatic rings. The molecule has 0 radical (unpaired) electrons. The molecule has 0 aliphatic rings. The van der Waals surface area contributed by atoms with Gasteiger partial charge in [0.15, 0.2) is 0 Å². The van der Waals surface area contributed by atoms with Gasteiger partial charge in [0, 0.05) is 9.99 Å². The number of hydrogen-bond donors (Lipinski definition) is 0. The Hall–Kier alpha value is -1.82. The summed E-state index contributed by atoms with van der Waals surface area (Å²) in [5, 5.41) is 0. The Labute approximate surface area is 163 Å². The molecular formula is C21H23IO3. The minimum Gasteiger partial charge on any atom is -0.497 e. The number of aryl methyl sites for hydroxylation is 1. The fourth-order valence-electron chi connectivity index (χ4n) is 2.37. The maximum Gasteiger partial charge on any atom is 0.311 e. The molecule has 0 fully saturated rings. The molecule has 3 nitrogen and oxygen atoms in total. The average Bonchev–Trinajstić information content (AvgIpc) is 2.60. The number of rotatable bonds is 7. The van der Waals surface area contributed by atoms with E-state index in [1.54, 1.807) is 7.11 Å². The Bertz CT molecular complexity index is 761. The highest BCUT2D eigenvalue weighted by Crippen LogP contribution is 2.23. The summed E-state index contributed by atoms with van der Waals surface area (Å²) in [6.07, 6.45) is 3.86. The third kappa shape index (κ3) is 6.53. The van der Waals surface area contributed by atoms with E-state index in [-0.39, 0.29) is 5.97 Å². The lowest BCUT2D eigenvalue weighted by Crippen LogP contribution is -2.10. The zero-order valence-electron chi connectivity index (χ0n) is 14.8. The van der Waals surface area contributed by atoms with Crippen LogP contribution < -0.4 is 9.47 Å². The van der Waals surface area contributed by atoms with Crippen molar-refractivity contribution in [2.45, 2.75) is 33.1 Å². The van der Waals surface area contributed by atoms with Gasteiger partial charge in [0.05, 0.1) is 7.11 Å². The molecule has 2 aromatic carbocycles. The van der Waals surface area contributed by atoms with Crippen molar-refractivity contribution in [2.24, 2.45) is 0 Å². The standard InChI is InChI=1S/C21H23IO3/c1-15(2)7-9-17-14-18(22)10-11-20(17)25-21(23)12-8-16-5-4-6-19(13-16)24-3/h4-7,10-11,13-14H,8-9,12H2,1-3H3. The molecule has 0 aliphatic carbocycles. The third-order valence-electron chi connectivity index (χ3n) is 3.73. The number of benzene rings is 2. The Morgan fingerprint density at radius 2 is 1.96 bits per heavy atom. The molecule has 0 saturated heterocycles. The number of ether oxygens (including phenoxy) is 2. The van der Waals surface area contributed by atoms with Crippen LogP contribution in [0.25, 0.3) is 0 Å². The second-order valence-corrected chi connectivity index (χ2v) is 7.31. The number of hydrogen-bond acceptors (Lipinski definition) is 3. The van der Waals surface area contributed by atoms with Gasteiger partial charge in [0.2, 0.25) is 0 Å². The zero-order valence-corrected chi connectivity index (χ0v) is 17.0. The first-order valence-corrected chi connectivity index (χ1v) is 9.31. The van der Waals surface area contributed by atoms with Crippen molar-refractivity contribution in [3.63, 3.8) is 0 Å². The van der Waals surface area contributed by atoms with Gasteiger partial charge in [-0.1, -0.05) is 23.8 Å². The first-order valence-electron chi connectivity index (χ1n) is 8.23. The molecule has 0 aliphatic heterocycles. The highest BCUT2D eigenvalue weighted by Gasteiger charge is 2.10. The van der Waals surface area contributed by atoms with Crippen molar-refractivity contribution in [2.75, 3.05) is 7.11 Å². The monoisotopic (exact) mass is 450 g/mol. The molecule has 0 atom stereocenters. The summed E-state index contributed by atoms with van der Waals surface area (Å²) in [7, 11) is 1.64. The summed E-state index contributed by atoms with van der Waals surface area (Å²) in [5.74, 6) is 1.23. The van der Waals surface area contributed by atoms with Crippen LogP contribution in [0.3, 0.4) is 0 Å². The maximum atomic E-state index is 12.2. The van der Waals surface area contributed by atoms with Crippen LogP contribution in [0.5, 0.6) is 11.5 Å². The second kappa shape index (κ2) is 9.61. The fourth-order valence-corrected chi connectivity index (χ4v) is 2.92. The molecule has 0 N–H and O–H groups in total. The summed E-state index contributed by atoms with van der Waals surface area (Å²) < 4.78 is 11.9. The van der Waals surface area contributed by atoms with E-state index in [1.165, 1.54) is 5.57 Å². The minimum atomic E-state index is -0.220.